The molecule has 3 saturated heterocycles. The number of hydrogen-bond acceptors (Lipinski definition) is 14. The van der Waals surface area contributed by atoms with Gasteiger partial charge in [0.25, 0.3) is 0 Å². The van der Waals surface area contributed by atoms with Crippen LogP contribution in [-0.4, -0.2) is 120 Å². The largest absolute Gasteiger partial charge is 0.495 e. The standard InChI is InChI=1S/C21H25BF3NO4S.C20H20F3N3O2S.C15H13BrF3NO2S.C12H24B2O4.C5H7BrN2/c1-19(2)20(3,4)30-22(29-19)18-13-17(31(27,28)26-5)11-8-15(18)12-14-6-9-16(10-7-14)21(23,24)25;1-3-26-12-19(25-13-26)18-11-17(29(27,28)24-2)9-6-15(18)10-14-4-7-16(8-5-14)20(21,22)23;1-20-23(21,22)13-7-4-11(14(16)9-13)8-10-2-5-12(6-3-10)15(17,18)19;1-9(2)10(3,4)16-13(15-9)14-17-11(5,6)12(7,8)18-14;1-2-8-3-5(6)7-4-8/h6-11,13,26H,12H2,1-5H3;4-9,11-13,24H,3,10H2,1-2H3;2-7,9,20H,8H2,1H3;1-8H3;3-4H,2H2,1H3. The van der Waals surface area contributed by atoms with Crippen molar-refractivity contribution < 1.29 is 92.7 Å². The van der Waals surface area contributed by atoms with Crippen molar-refractivity contribution in [1.82, 2.24) is 33.3 Å². The summed E-state index contributed by atoms with van der Waals surface area (Å²) in [5.41, 5.74) is 1.16. The number of aryl methyl sites for hydroxylation is 2. The van der Waals surface area contributed by atoms with Crippen LogP contribution in [0.4, 0.5) is 39.5 Å². The van der Waals surface area contributed by atoms with Gasteiger partial charge in [0.05, 0.1) is 83.3 Å². The smallest absolute Gasteiger partial charge is 0.405 e. The second kappa shape index (κ2) is 34.6. The Morgan fingerprint density at radius 1 is 0.413 bits per heavy atom. The van der Waals surface area contributed by atoms with Gasteiger partial charge in [-0.25, -0.2) is 49.4 Å². The van der Waals surface area contributed by atoms with Crippen molar-refractivity contribution in [3.05, 3.63) is 212 Å². The van der Waals surface area contributed by atoms with Crippen LogP contribution >= 0.6 is 31.9 Å². The molecule has 8 aromatic rings. The molecule has 6 aromatic carbocycles. The minimum Gasteiger partial charge on any atom is -0.405 e. The van der Waals surface area contributed by atoms with Gasteiger partial charge in [0.15, 0.2) is 0 Å². The molecule has 0 atom stereocenters. The van der Waals surface area contributed by atoms with Crippen LogP contribution in [-0.2, 0) is 109 Å². The third-order valence-electron chi connectivity index (χ3n) is 19.5. The summed E-state index contributed by atoms with van der Waals surface area (Å²) in [7, 11) is -8.69. The minimum absolute atomic E-state index is 0.0517. The molecule has 2 aromatic heterocycles. The molecule has 0 unspecified atom stereocenters. The van der Waals surface area contributed by atoms with E-state index >= 15 is 0 Å². The van der Waals surface area contributed by atoms with Crippen LogP contribution in [0, 0.1) is 0 Å². The van der Waals surface area contributed by atoms with Crippen molar-refractivity contribution in [3.63, 3.8) is 0 Å². The number of halogens is 11. The van der Waals surface area contributed by atoms with Gasteiger partial charge in [0.1, 0.15) is 4.60 Å². The van der Waals surface area contributed by atoms with E-state index in [0.717, 1.165) is 58.7 Å². The zero-order chi connectivity index (χ0) is 81.7. The fraction of sp³-hybridized carbons (Fsp3) is 0.425. The van der Waals surface area contributed by atoms with Gasteiger partial charge >= 0.3 is 39.7 Å². The first-order valence-electron chi connectivity index (χ1n) is 34.2. The molecule has 592 valence electrons. The minimum atomic E-state index is -4.41. The maximum atomic E-state index is 12.9. The Hall–Kier alpha value is -6.25. The second-order valence-electron chi connectivity index (χ2n) is 28.6. The Morgan fingerprint density at radius 2 is 0.725 bits per heavy atom. The van der Waals surface area contributed by atoms with Gasteiger partial charge in [-0.3, -0.25) is 0 Å². The van der Waals surface area contributed by atoms with E-state index in [2.05, 4.69) is 62.9 Å². The Kier molecular flexibility index (Phi) is 28.6. The highest BCUT2D eigenvalue weighted by Crippen LogP contribution is 2.44. The average molecular weight is 1720 g/mol. The maximum Gasteiger partial charge on any atom is 0.495 e. The molecule has 0 spiro atoms. The fourth-order valence-corrected chi connectivity index (χ4v) is 14.0. The molecule has 11 rings (SSSR count). The summed E-state index contributed by atoms with van der Waals surface area (Å²) < 4.78 is 235. The van der Waals surface area contributed by atoms with Crippen molar-refractivity contribution in [2.45, 2.75) is 196 Å². The van der Waals surface area contributed by atoms with Crippen LogP contribution in [0.3, 0.4) is 0 Å². The van der Waals surface area contributed by atoms with Gasteiger partial charge in [-0.2, -0.15) is 39.5 Å². The van der Waals surface area contributed by atoms with E-state index in [4.69, 9.17) is 27.9 Å². The average Bonchev–Trinajstić information content (AvgIpc) is 1.64. The summed E-state index contributed by atoms with van der Waals surface area (Å²) in [6.07, 6.45) is -4.94. The Morgan fingerprint density at radius 3 is 1.05 bits per heavy atom. The molecular weight excluding hydrogens is 1630 g/mol. The van der Waals surface area contributed by atoms with Gasteiger partial charge in [-0.15, -0.1) is 0 Å². The first-order valence-corrected chi connectivity index (χ1v) is 40.3. The van der Waals surface area contributed by atoms with E-state index in [1.54, 1.807) is 37.1 Å². The lowest BCUT2D eigenvalue weighted by atomic mass is 9.49. The lowest BCUT2D eigenvalue weighted by molar-refractivity contribution is -0.138. The molecule has 0 amide bonds. The van der Waals surface area contributed by atoms with E-state index in [0.29, 0.717) is 62.8 Å². The lowest BCUT2D eigenvalue weighted by Gasteiger charge is -2.32. The van der Waals surface area contributed by atoms with Crippen molar-refractivity contribution in [3.8, 4) is 11.3 Å². The highest BCUT2D eigenvalue weighted by atomic mass is 79.9. The monoisotopic (exact) mass is 1710 g/mol. The second-order valence-corrected chi connectivity index (χ2v) is 36.0. The van der Waals surface area contributed by atoms with Crippen LogP contribution < -0.4 is 19.6 Å². The summed E-state index contributed by atoms with van der Waals surface area (Å²) in [6.45, 7) is 29.5. The van der Waals surface area contributed by atoms with Gasteiger partial charge in [-0.05, 0) is 265 Å². The molecule has 3 N–H and O–H groups in total. The fourth-order valence-electron chi connectivity index (χ4n) is 10.7. The van der Waals surface area contributed by atoms with Crippen LogP contribution in [0.2, 0.25) is 0 Å². The van der Waals surface area contributed by atoms with Crippen molar-refractivity contribution in [2.24, 2.45) is 0 Å². The number of hydrogen-bond donors (Lipinski definition) is 3. The van der Waals surface area contributed by atoms with E-state index < -0.39 is 97.6 Å². The number of imidazole rings is 2. The van der Waals surface area contributed by atoms with Crippen LogP contribution in [0.15, 0.2) is 176 Å². The number of nitrogens with one attached hydrogen (secondary N) is 3. The van der Waals surface area contributed by atoms with Crippen molar-refractivity contribution >= 4 is 88.5 Å². The normalized spacial score (nSPS) is 17.1. The molecule has 3 fully saturated rings. The van der Waals surface area contributed by atoms with Gasteiger partial charge in [0, 0.05) is 35.5 Å². The molecule has 19 nitrogen and oxygen atoms in total. The number of alkyl halides is 9. The molecule has 0 saturated carbocycles. The summed E-state index contributed by atoms with van der Waals surface area (Å²) in [4.78, 5) is 8.58. The highest BCUT2D eigenvalue weighted by molar-refractivity contribution is 9.10. The van der Waals surface area contributed by atoms with Crippen LogP contribution in [0.1, 0.15) is 147 Å². The summed E-state index contributed by atoms with van der Waals surface area (Å²) in [5.74, 6) is 0. The van der Waals surface area contributed by atoms with Gasteiger partial charge in [0.2, 0.25) is 30.1 Å². The highest BCUT2D eigenvalue weighted by Gasteiger charge is 2.64. The van der Waals surface area contributed by atoms with Crippen LogP contribution in [0.5, 0.6) is 0 Å². The van der Waals surface area contributed by atoms with Gasteiger partial charge < -0.3 is 37.1 Å². The van der Waals surface area contributed by atoms with E-state index in [9.17, 15) is 64.8 Å². The number of aromatic nitrogens is 4. The zero-order valence-electron chi connectivity index (χ0n) is 63.3. The Bertz CT molecular complexity index is 4720. The predicted octanol–water partition coefficient (Wildman–Crippen LogP) is 15.5. The van der Waals surface area contributed by atoms with E-state index in [1.807, 2.05) is 105 Å². The molecule has 0 aliphatic carbocycles. The molecule has 109 heavy (non-hydrogen) atoms. The SMILES string of the molecule is CC1(C)OB(B2OC(C)(C)C(C)(C)O2)OC1(C)C.CCn1cnc(-c2cc(S(=O)(=O)NC)ccc2Cc2ccc(C(F)(F)F)cc2)c1.CCn1cnc(Br)c1.CNS(=O)(=O)c1ccc(Cc2ccc(C(F)(F)F)cc2)c(B2OC(C)(C)C(C)(C)O2)c1.CNS(=O)(=O)c1ccc(Cc2ccc(C(F)(F)F)cc2)c(Br)c1. The number of benzene rings is 6. The Labute approximate surface area is 650 Å². The quantitative estimate of drug-likeness (QED) is 0.0569. The number of nitrogens with zero attached hydrogens (tertiary/aromatic N) is 4. The van der Waals surface area contributed by atoms with E-state index in [-0.39, 0.29) is 43.5 Å². The third-order valence-corrected chi connectivity index (χ3v) is 24.9. The third kappa shape index (κ3) is 22.8. The molecular formula is C73H89B3Br2F9N7O12S3. The number of rotatable bonds is 17. The molecule has 3 aliphatic rings. The summed E-state index contributed by atoms with van der Waals surface area (Å²) in [5, 5.41) is 0. The first kappa shape index (κ1) is 90.0. The molecule has 0 radical (unpaired) electrons. The van der Waals surface area contributed by atoms with Crippen LogP contribution in [0.25, 0.3) is 11.3 Å². The number of sulfonamides is 3. The van der Waals surface area contributed by atoms with Crippen molar-refractivity contribution in [2.75, 3.05) is 21.1 Å². The summed E-state index contributed by atoms with van der Waals surface area (Å²) >= 11 is 6.54. The lowest BCUT2D eigenvalue weighted by Crippen LogP contribution is -2.41. The molecule has 3 aliphatic heterocycles. The molecule has 36 heteroatoms. The maximum absolute atomic E-state index is 12.9. The Balaban J connectivity index is 0.000000198. The predicted molar refractivity (Wildman–Crippen MR) is 409 cm³/mol. The topological polar surface area (TPSA) is 230 Å². The molecule has 5 heterocycles. The first-order chi connectivity index (χ1) is 50.1. The van der Waals surface area contributed by atoms with Gasteiger partial charge in [-0.1, -0.05) is 70.5 Å². The summed E-state index contributed by atoms with van der Waals surface area (Å²) in [6, 6.07) is 28.5. The zero-order valence-corrected chi connectivity index (χ0v) is 68.9. The van der Waals surface area contributed by atoms with Crippen molar-refractivity contribution in [1.29, 1.82) is 0 Å². The van der Waals surface area contributed by atoms with E-state index in [1.165, 1.54) is 93.9 Å². The molecule has 0 bridgehead atoms.